The van der Waals surface area contributed by atoms with E-state index in [1.807, 2.05) is 0 Å². The Morgan fingerprint density at radius 1 is 1.24 bits per heavy atom. The van der Waals surface area contributed by atoms with Gasteiger partial charge in [-0.15, -0.1) is 0 Å². The molecular weight excluding hydrogens is 342 g/mol. The number of aromatic carboxylic acids is 1. The number of carboxylic acids is 1. The van der Waals surface area contributed by atoms with Gasteiger partial charge in [-0.3, -0.25) is 4.98 Å². The van der Waals surface area contributed by atoms with Crippen molar-refractivity contribution in [2.75, 3.05) is 19.3 Å². The number of carboxylic acid groups (broad SMARTS) is 1. The fourth-order valence-electron chi connectivity index (χ4n) is 2.99. The minimum atomic E-state index is -3.21. The lowest BCUT2D eigenvalue weighted by Gasteiger charge is -2.30. The van der Waals surface area contributed by atoms with Crippen molar-refractivity contribution >= 4 is 16.0 Å². The third-order valence-corrected chi connectivity index (χ3v) is 5.62. The Morgan fingerprint density at radius 2 is 1.96 bits per heavy atom. The number of piperidine rings is 1. The third kappa shape index (κ3) is 4.02. The standard InChI is InChI=1S/C17H19N3O4S/c1-25(23,24)20-8-2-3-14(11-20)16-10-18-9-15(19-16)12-4-6-13(7-5-12)17(21)22/h4-7,9-10,14H,2-3,8,11H2,1H3,(H,21,22). The number of carbonyl (C=O) groups is 1. The van der Waals surface area contributed by atoms with Crippen LogP contribution in [0.2, 0.25) is 0 Å². The van der Waals surface area contributed by atoms with Gasteiger partial charge >= 0.3 is 5.97 Å². The monoisotopic (exact) mass is 361 g/mol. The molecule has 1 aromatic heterocycles. The van der Waals surface area contributed by atoms with Gasteiger partial charge in [0.1, 0.15) is 0 Å². The predicted molar refractivity (Wildman–Crippen MR) is 92.8 cm³/mol. The van der Waals surface area contributed by atoms with Gasteiger partial charge in [0.05, 0.1) is 29.4 Å². The molecule has 0 bridgehead atoms. The Morgan fingerprint density at radius 3 is 2.60 bits per heavy atom. The van der Waals surface area contributed by atoms with Gasteiger partial charge < -0.3 is 5.11 Å². The van der Waals surface area contributed by atoms with Crippen molar-refractivity contribution in [3.63, 3.8) is 0 Å². The molecule has 1 aliphatic rings. The summed E-state index contributed by atoms with van der Waals surface area (Å²) in [5.74, 6) is -0.969. The van der Waals surface area contributed by atoms with E-state index in [1.54, 1.807) is 24.5 Å². The second-order valence-corrected chi connectivity index (χ2v) is 8.15. The first-order valence-corrected chi connectivity index (χ1v) is 9.80. The maximum atomic E-state index is 11.8. The number of benzene rings is 1. The van der Waals surface area contributed by atoms with Crippen LogP contribution in [0.1, 0.15) is 34.8 Å². The van der Waals surface area contributed by atoms with Gasteiger partial charge in [-0.05, 0) is 25.0 Å². The van der Waals surface area contributed by atoms with E-state index in [1.165, 1.54) is 22.7 Å². The van der Waals surface area contributed by atoms with Crippen LogP contribution in [-0.2, 0) is 10.0 Å². The van der Waals surface area contributed by atoms with E-state index >= 15 is 0 Å². The molecule has 3 rings (SSSR count). The minimum Gasteiger partial charge on any atom is -0.478 e. The van der Waals surface area contributed by atoms with Crippen molar-refractivity contribution in [1.29, 1.82) is 0 Å². The molecule has 2 heterocycles. The van der Waals surface area contributed by atoms with Gasteiger partial charge in [0.25, 0.3) is 0 Å². The van der Waals surface area contributed by atoms with Gasteiger partial charge in [-0.25, -0.2) is 22.5 Å². The van der Waals surface area contributed by atoms with Crippen LogP contribution < -0.4 is 0 Å². The van der Waals surface area contributed by atoms with Crippen LogP contribution >= 0.6 is 0 Å². The number of sulfonamides is 1. The van der Waals surface area contributed by atoms with Crippen LogP contribution in [0.25, 0.3) is 11.3 Å². The summed E-state index contributed by atoms with van der Waals surface area (Å²) in [5.41, 5.74) is 2.39. The highest BCUT2D eigenvalue weighted by Crippen LogP contribution is 2.28. The van der Waals surface area contributed by atoms with Gasteiger partial charge in [0.15, 0.2) is 0 Å². The third-order valence-electron chi connectivity index (χ3n) is 4.35. The highest BCUT2D eigenvalue weighted by Gasteiger charge is 2.27. The molecule has 0 aliphatic carbocycles. The largest absolute Gasteiger partial charge is 0.478 e. The topological polar surface area (TPSA) is 100 Å². The lowest BCUT2D eigenvalue weighted by Crippen LogP contribution is -2.38. The molecule has 25 heavy (non-hydrogen) atoms. The lowest BCUT2D eigenvalue weighted by molar-refractivity contribution is 0.0697. The van der Waals surface area contributed by atoms with Crippen molar-refractivity contribution in [3.05, 3.63) is 47.9 Å². The van der Waals surface area contributed by atoms with E-state index in [2.05, 4.69) is 9.97 Å². The van der Waals surface area contributed by atoms with Crippen LogP contribution in [0.3, 0.4) is 0 Å². The van der Waals surface area contributed by atoms with Gasteiger partial charge in [-0.2, -0.15) is 0 Å². The average Bonchev–Trinajstić information content (AvgIpc) is 2.61. The molecule has 1 aliphatic heterocycles. The Balaban J connectivity index is 1.85. The zero-order valence-electron chi connectivity index (χ0n) is 13.8. The van der Waals surface area contributed by atoms with Gasteiger partial charge in [-0.1, -0.05) is 12.1 Å². The zero-order chi connectivity index (χ0) is 18.0. The summed E-state index contributed by atoms with van der Waals surface area (Å²) in [5, 5.41) is 8.97. The molecule has 2 aromatic rings. The molecule has 132 valence electrons. The second-order valence-electron chi connectivity index (χ2n) is 6.17. The van der Waals surface area contributed by atoms with Crippen LogP contribution in [0.5, 0.6) is 0 Å². The Bertz CT molecular complexity index is 881. The van der Waals surface area contributed by atoms with E-state index in [9.17, 15) is 13.2 Å². The first-order chi connectivity index (χ1) is 11.8. The predicted octanol–water partition coefficient (Wildman–Crippen LogP) is 1.98. The molecule has 1 aromatic carbocycles. The summed E-state index contributed by atoms with van der Waals surface area (Å²) in [6.45, 7) is 0.952. The smallest absolute Gasteiger partial charge is 0.335 e. The van der Waals surface area contributed by atoms with E-state index in [-0.39, 0.29) is 11.5 Å². The zero-order valence-corrected chi connectivity index (χ0v) is 14.6. The summed E-state index contributed by atoms with van der Waals surface area (Å²) in [6, 6.07) is 6.44. The summed E-state index contributed by atoms with van der Waals surface area (Å²) in [7, 11) is -3.21. The summed E-state index contributed by atoms with van der Waals surface area (Å²) < 4.78 is 25.0. The maximum Gasteiger partial charge on any atom is 0.335 e. The Labute approximate surface area is 146 Å². The molecule has 0 amide bonds. The summed E-state index contributed by atoms with van der Waals surface area (Å²) in [6.07, 6.45) is 6.17. The normalized spacial score (nSPS) is 18.8. The van der Waals surface area contributed by atoms with E-state index < -0.39 is 16.0 Å². The molecular formula is C17H19N3O4S. The molecule has 1 unspecified atom stereocenters. The highest BCUT2D eigenvalue weighted by molar-refractivity contribution is 7.88. The molecule has 1 saturated heterocycles. The quantitative estimate of drug-likeness (QED) is 0.894. The molecule has 0 spiro atoms. The fraction of sp³-hybridized carbons (Fsp3) is 0.353. The molecule has 7 nitrogen and oxygen atoms in total. The van der Waals surface area contributed by atoms with Gasteiger partial charge in [0.2, 0.25) is 10.0 Å². The van der Waals surface area contributed by atoms with E-state index in [4.69, 9.17) is 5.11 Å². The van der Waals surface area contributed by atoms with Crippen LogP contribution in [0.15, 0.2) is 36.7 Å². The minimum absolute atomic E-state index is 0.00854. The van der Waals surface area contributed by atoms with Crippen LogP contribution in [0.4, 0.5) is 0 Å². The molecule has 1 N–H and O–H groups in total. The first kappa shape index (κ1) is 17.5. The number of rotatable bonds is 4. The number of aromatic nitrogens is 2. The maximum absolute atomic E-state index is 11.8. The van der Waals surface area contributed by atoms with Crippen molar-refractivity contribution in [2.45, 2.75) is 18.8 Å². The van der Waals surface area contributed by atoms with Crippen molar-refractivity contribution in [3.8, 4) is 11.3 Å². The van der Waals surface area contributed by atoms with E-state index in [0.29, 0.717) is 18.8 Å². The van der Waals surface area contributed by atoms with Gasteiger partial charge in [0, 0.05) is 30.8 Å². The Hall–Kier alpha value is -2.32. The van der Waals surface area contributed by atoms with E-state index in [0.717, 1.165) is 24.1 Å². The Kier molecular flexibility index (Phi) is 4.82. The summed E-state index contributed by atoms with van der Waals surface area (Å²) in [4.78, 5) is 19.8. The highest BCUT2D eigenvalue weighted by atomic mass is 32.2. The van der Waals surface area contributed by atoms with Crippen LogP contribution in [0, 0.1) is 0 Å². The van der Waals surface area contributed by atoms with Crippen molar-refractivity contribution in [2.24, 2.45) is 0 Å². The fourth-order valence-corrected chi connectivity index (χ4v) is 3.90. The van der Waals surface area contributed by atoms with Crippen LogP contribution in [-0.4, -0.2) is 53.1 Å². The molecule has 8 heteroatoms. The average molecular weight is 361 g/mol. The number of nitrogens with zero attached hydrogens (tertiary/aromatic N) is 3. The second kappa shape index (κ2) is 6.89. The molecule has 0 radical (unpaired) electrons. The molecule has 1 fully saturated rings. The van der Waals surface area contributed by atoms with Crippen molar-refractivity contribution in [1.82, 2.24) is 14.3 Å². The SMILES string of the molecule is CS(=O)(=O)N1CCCC(c2cncc(-c3ccc(C(=O)O)cc3)n2)C1. The first-order valence-electron chi connectivity index (χ1n) is 7.95. The number of hydrogen-bond donors (Lipinski definition) is 1. The molecule has 1 atom stereocenters. The molecule has 0 saturated carbocycles. The lowest BCUT2D eigenvalue weighted by atomic mass is 9.96. The van der Waals surface area contributed by atoms with Crippen molar-refractivity contribution < 1.29 is 18.3 Å². The summed E-state index contributed by atoms with van der Waals surface area (Å²) >= 11 is 0. The number of hydrogen-bond acceptors (Lipinski definition) is 5.